The fourth-order valence-electron chi connectivity index (χ4n) is 4.21. The minimum atomic E-state index is -3.72. The highest BCUT2D eigenvalue weighted by Gasteiger charge is 2.41. The summed E-state index contributed by atoms with van der Waals surface area (Å²) in [4.78, 5) is 21.5. The number of nitrogens with zero attached hydrogens (tertiary/aromatic N) is 5. The molecule has 2 saturated heterocycles. The Kier molecular flexibility index (Phi) is 5.94. The van der Waals surface area contributed by atoms with Gasteiger partial charge in [-0.2, -0.15) is 9.57 Å². The number of carbonyl (C=O) groups excluding carboxylic acids is 1. The van der Waals surface area contributed by atoms with Crippen LogP contribution in [0.1, 0.15) is 24.0 Å². The number of sulfonamides is 1. The highest BCUT2D eigenvalue weighted by molar-refractivity contribution is 7.89. The Morgan fingerprint density at radius 2 is 1.81 bits per heavy atom. The van der Waals surface area contributed by atoms with Crippen molar-refractivity contribution in [3.05, 3.63) is 53.7 Å². The Morgan fingerprint density at radius 1 is 1.10 bits per heavy atom. The number of aryl methyl sites for hydroxylation is 1. The Labute approximate surface area is 182 Å². The summed E-state index contributed by atoms with van der Waals surface area (Å²) >= 11 is 0. The van der Waals surface area contributed by atoms with Crippen LogP contribution < -0.4 is 4.90 Å². The predicted molar refractivity (Wildman–Crippen MR) is 116 cm³/mol. The minimum absolute atomic E-state index is 0.144. The molecule has 4 rings (SSSR count). The molecule has 162 valence electrons. The van der Waals surface area contributed by atoms with E-state index in [4.69, 9.17) is 0 Å². The monoisotopic (exact) mass is 439 g/mol. The summed E-state index contributed by atoms with van der Waals surface area (Å²) in [6, 6.07) is 11.7. The van der Waals surface area contributed by atoms with E-state index in [0.29, 0.717) is 56.9 Å². The maximum Gasteiger partial charge on any atom is 0.243 e. The zero-order valence-electron chi connectivity index (χ0n) is 17.4. The number of piperazine rings is 1. The molecule has 0 unspecified atom stereocenters. The molecular weight excluding hydrogens is 414 g/mol. The fourth-order valence-corrected chi connectivity index (χ4v) is 5.86. The summed E-state index contributed by atoms with van der Waals surface area (Å²) in [6.45, 7) is 4.29. The molecular formula is C22H25N5O3S. The van der Waals surface area contributed by atoms with Crippen LogP contribution in [0.4, 0.5) is 5.82 Å². The summed E-state index contributed by atoms with van der Waals surface area (Å²) in [5.41, 5.74) is 1.49. The van der Waals surface area contributed by atoms with E-state index in [0.717, 1.165) is 5.56 Å². The molecule has 0 radical (unpaired) electrons. The molecule has 0 spiro atoms. The van der Waals surface area contributed by atoms with Crippen molar-refractivity contribution in [2.75, 3.05) is 37.6 Å². The van der Waals surface area contributed by atoms with Crippen molar-refractivity contribution in [2.45, 2.75) is 30.7 Å². The number of rotatable bonds is 4. The number of anilines is 1. The number of carbonyl (C=O) groups is 1. The molecule has 2 aromatic rings. The topological polar surface area (TPSA) is 97.6 Å². The molecule has 3 heterocycles. The second kappa shape index (κ2) is 8.65. The van der Waals surface area contributed by atoms with E-state index in [2.05, 4.69) is 11.1 Å². The van der Waals surface area contributed by atoms with Crippen molar-refractivity contribution in [3.63, 3.8) is 0 Å². The van der Waals surface area contributed by atoms with Crippen molar-refractivity contribution in [1.82, 2.24) is 14.2 Å². The molecule has 1 aromatic carbocycles. The van der Waals surface area contributed by atoms with Gasteiger partial charge < -0.3 is 9.80 Å². The zero-order valence-corrected chi connectivity index (χ0v) is 18.3. The van der Waals surface area contributed by atoms with Gasteiger partial charge >= 0.3 is 0 Å². The lowest BCUT2D eigenvalue weighted by Gasteiger charge is -2.37. The fraction of sp³-hybridized carbons (Fsp3) is 0.409. The molecule has 2 aliphatic heterocycles. The third-order valence-electron chi connectivity index (χ3n) is 5.91. The maximum absolute atomic E-state index is 13.2. The highest BCUT2D eigenvalue weighted by Crippen LogP contribution is 2.28. The lowest BCUT2D eigenvalue weighted by molar-refractivity contribution is -0.134. The molecule has 0 bridgehead atoms. The Morgan fingerprint density at radius 3 is 2.48 bits per heavy atom. The normalized spacial score (nSPS) is 19.9. The van der Waals surface area contributed by atoms with Crippen molar-refractivity contribution in [2.24, 2.45) is 0 Å². The first kappa shape index (κ1) is 21.3. The lowest BCUT2D eigenvalue weighted by atomic mass is 10.1. The van der Waals surface area contributed by atoms with Crippen LogP contribution in [0.3, 0.4) is 0 Å². The van der Waals surface area contributed by atoms with Gasteiger partial charge in [-0.25, -0.2) is 13.4 Å². The lowest BCUT2D eigenvalue weighted by Crippen LogP contribution is -2.54. The van der Waals surface area contributed by atoms with Crippen LogP contribution in [0.2, 0.25) is 0 Å². The maximum atomic E-state index is 13.2. The van der Waals surface area contributed by atoms with E-state index >= 15 is 0 Å². The Bertz CT molecular complexity index is 1100. The van der Waals surface area contributed by atoms with Crippen LogP contribution in [0.25, 0.3) is 0 Å². The summed E-state index contributed by atoms with van der Waals surface area (Å²) < 4.78 is 27.7. The molecule has 31 heavy (non-hydrogen) atoms. The third kappa shape index (κ3) is 4.13. The van der Waals surface area contributed by atoms with E-state index in [-0.39, 0.29) is 10.8 Å². The molecule has 9 heteroatoms. The summed E-state index contributed by atoms with van der Waals surface area (Å²) in [7, 11) is -3.72. The molecule has 1 atom stereocenters. The van der Waals surface area contributed by atoms with Crippen molar-refractivity contribution < 1.29 is 13.2 Å². The van der Waals surface area contributed by atoms with E-state index in [1.165, 1.54) is 4.31 Å². The summed E-state index contributed by atoms with van der Waals surface area (Å²) in [6.07, 6.45) is 2.85. The summed E-state index contributed by atoms with van der Waals surface area (Å²) in [5.74, 6) is 0.482. The Hall–Kier alpha value is -2.96. The van der Waals surface area contributed by atoms with Gasteiger partial charge in [0, 0.05) is 38.9 Å². The van der Waals surface area contributed by atoms with E-state index in [1.807, 2.05) is 11.8 Å². The number of pyridine rings is 1. The predicted octanol–water partition coefficient (Wildman–Crippen LogP) is 1.76. The average Bonchev–Trinajstić information content (AvgIpc) is 3.30. The van der Waals surface area contributed by atoms with Gasteiger partial charge in [0.2, 0.25) is 15.9 Å². The number of hydrogen-bond acceptors (Lipinski definition) is 6. The van der Waals surface area contributed by atoms with Crippen LogP contribution in [-0.2, 0) is 14.8 Å². The first-order valence-electron chi connectivity index (χ1n) is 10.4. The first-order valence-corrected chi connectivity index (χ1v) is 11.8. The molecule has 0 N–H and O–H groups in total. The SMILES string of the molecule is Cc1ccc(S(=O)(=O)N2CCC[C@H]2C(=O)N2CCN(c3ncccc3C#N)CC2)cc1. The zero-order chi connectivity index (χ0) is 22.0. The molecule has 2 fully saturated rings. The van der Waals surface area contributed by atoms with Gasteiger partial charge in [-0.05, 0) is 44.0 Å². The van der Waals surface area contributed by atoms with Gasteiger partial charge in [-0.15, -0.1) is 0 Å². The van der Waals surface area contributed by atoms with Gasteiger partial charge in [0.1, 0.15) is 17.9 Å². The van der Waals surface area contributed by atoms with Gasteiger partial charge in [-0.1, -0.05) is 17.7 Å². The van der Waals surface area contributed by atoms with Crippen LogP contribution >= 0.6 is 0 Å². The second-order valence-electron chi connectivity index (χ2n) is 7.89. The quantitative estimate of drug-likeness (QED) is 0.720. The van der Waals surface area contributed by atoms with Crippen molar-refractivity contribution >= 4 is 21.7 Å². The van der Waals surface area contributed by atoms with Gasteiger partial charge in [0.15, 0.2) is 0 Å². The standard InChI is InChI=1S/C22H25N5O3S/c1-17-6-8-19(9-7-17)31(29,30)27-11-3-5-20(27)22(28)26-14-12-25(13-15-26)21-18(16-23)4-2-10-24-21/h2,4,6-10,20H,3,5,11-15H2,1H3/t20-/m0/s1. The number of nitriles is 1. The molecule has 0 aliphatic carbocycles. The molecule has 1 aromatic heterocycles. The number of benzene rings is 1. The molecule has 1 amide bonds. The van der Waals surface area contributed by atoms with Gasteiger partial charge in [0.25, 0.3) is 0 Å². The average molecular weight is 440 g/mol. The van der Waals surface area contributed by atoms with Crippen LogP contribution in [-0.4, -0.2) is 67.3 Å². The van der Waals surface area contributed by atoms with E-state index in [9.17, 15) is 18.5 Å². The highest BCUT2D eigenvalue weighted by atomic mass is 32.2. The summed E-state index contributed by atoms with van der Waals surface area (Å²) in [5, 5.41) is 9.30. The third-order valence-corrected chi connectivity index (χ3v) is 7.84. The molecule has 0 saturated carbocycles. The number of amides is 1. The number of aromatic nitrogens is 1. The van der Waals surface area contributed by atoms with E-state index in [1.54, 1.807) is 47.5 Å². The van der Waals surface area contributed by atoms with Crippen LogP contribution in [0.15, 0.2) is 47.5 Å². The van der Waals surface area contributed by atoms with E-state index < -0.39 is 16.1 Å². The van der Waals surface area contributed by atoms with Crippen LogP contribution in [0.5, 0.6) is 0 Å². The Balaban J connectivity index is 1.46. The minimum Gasteiger partial charge on any atom is -0.352 e. The van der Waals surface area contributed by atoms with Crippen LogP contribution in [0, 0.1) is 18.3 Å². The molecule has 8 nitrogen and oxygen atoms in total. The first-order chi connectivity index (χ1) is 14.9. The largest absolute Gasteiger partial charge is 0.352 e. The number of hydrogen-bond donors (Lipinski definition) is 0. The second-order valence-corrected chi connectivity index (χ2v) is 9.78. The van der Waals surface area contributed by atoms with Crippen molar-refractivity contribution in [1.29, 1.82) is 5.26 Å². The van der Waals surface area contributed by atoms with Gasteiger partial charge in [-0.3, -0.25) is 4.79 Å². The smallest absolute Gasteiger partial charge is 0.243 e. The van der Waals surface area contributed by atoms with Gasteiger partial charge in [0.05, 0.1) is 10.5 Å². The molecule has 2 aliphatic rings. The van der Waals surface area contributed by atoms with Crippen molar-refractivity contribution in [3.8, 4) is 6.07 Å².